The fourth-order valence-corrected chi connectivity index (χ4v) is 8.21. The summed E-state index contributed by atoms with van der Waals surface area (Å²) in [6, 6.07) is 1.01. The number of hydrogen-bond donors (Lipinski definition) is 9. The van der Waals surface area contributed by atoms with Gasteiger partial charge in [0.05, 0.1) is 42.8 Å². The summed E-state index contributed by atoms with van der Waals surface area (Å²) in [6.07, 6.45) is -11.3. The SMILES string of the molecule is C[C@@]1(N)[C@H](O)[C@@H](COP(=O)(S)OP(=O)(O)OC2OC3(O)C2C(O)C(O)C3[C@@H](F)CO)O[C@H]1n1ccc(=O)[nH]c1=O. The lowest BCUT2D eigenvalue weighted by molar-refractivity contribution is -0.426. The molecular formula is C18H28FN3O15P2S. The molecular weight excluding hydrogens is 611 g/mol. The second-order valence-electron chi connectivity index (χ2n) is 9.74. The van der Waals surface area contributed by atoms with Crippen molar-refractivity contribution < 1.29 is 66.8 Å². The molecule has 3 fully saturated rings. The minimum Gasteiger partial charge on any atom is -0.393 e. The van der Waals surface area contributed by atoms with Crippen LogP contribution in [0.4, 0.5) is 4.39 Å². The largest absolute Gasteiger partial charge is 0.482 e. The number of ether oxygens (including phenoxy) is 2. The molecule has 1 aromatic rings. The average Bonchev–Trinajstić information content (AvgIpc) is 3.13. The Labute approximate surface area is 228 Å². The van der Waals surface area contributed by atoms with E-state index in [4.69, 9.17) is 24.8 Å². The third-order valence-electron chi connectivity index (χ3n) is 6.98. The lowest BCUT2D eigenvalue weighted by Gasteiger charge is -2.49. The molecule has 4 rings (SSSR count). The second kappa shape index (κ2) is 10.9. The minimum absolute atomic E-state index is 0.700. The Balaban J connectivity index is 1.38. The number of rotatable bonds is 10. The molecule has 40 heavy (non-hydrogen) atoms. The Morgan fingerprint density at radius 3 is 2.55 bits per heavy atom. The molecule has 0 radical (unpaired) electrons. The van der Waals surface area contributed by atoms with Gasteiger partial charge in [0, 0.05) is 12.3 Å². The van der Waals surface area contributed by atoms with Crippen LogP contribution in [0.1, 0.15) is 13.2 Å². The molecule has 228 valence electrons. The predicted molar refractivity (Wildman–Crippen MR) is 129 cm³/mol. The monoisotopic (exact) mass is 639 g/mol. The maximum Gasteiger partial charge on any atom is 0.482 e. The van der Waals surface area contributed by atoms with E-state index in [1.807, 2.05) is 4.98 Å². The van der Waals surface area contributed by atoms with Gasteiger partial charge in [-0.3, -0.25) is 23.4 Å². The molecule has 8 unspecified atom stereocenters. The number of phosphoric acid groups is 1. The van der Waals surface area contributed by atoms with E-state index in [9.17, 15) is 48.4 Å². The maximum atomic E-state index is 14.0. The van der Waals surface area contributed by atoms with E-state index in [2.05, 4.69) is 21.1 Å². The summed E-state index contributed by atoms with van der Waals surface area (Å²) in [5.41, 5.74) is 2.86. The number of nitrogens with two attached hydrogens (primary N) is 1. The molecule has 18 nitrogen and oxygen atoms in total. The molecule has 22 heteroatoms. The molecule has 0 amide bonds. The molecule has 1 saturated carbocycles. The van der Waals surface area contributed by atoms with Crippen molar-refractivity contribution in [2.45, 2.75) is 61.4 Å². The zero-order valence-corrected chi connectivity index (χ0v) is 23.1. The highest BCUT2D eigenvalue weighted by atomic mass is 32.7. The first kappa shape index (κ1) is 31.9. The molecule has 2 aliphatic heterocycles. The number of H-pyrrole nitrogens is 1. The highest BCUT2D eigenvalue weighted by Gasteiger charge is 2.74. The summed E-state index contributed by atoms with van der Waals surface area (Å²) in [6.45, 7) is -5.43. The Morgan fingerprint density at radius 2 is 1.95 bits per heavy atom. The van der Waals surface area contributed by atoms with Gasteiger partial charge in [0.1, 0.15) is 18.4 Å². The molecule has 2 saturated heterocycles. The smallest absolute Gasteiger partial charge is 0.393 e. The highest BCUT2D eigenvalue weighted by molar-refractivity contribution is 8.45. The lowest BCUT2D eigenvalue weighted by atomic mass is 9.87. The van der Waals surface area contributed by atoms with Crippen molar-refractivity contribution in [3.8, 4) is 0 Å². The fourth-order valence-electron chi connectivity index (χ4n) is 5.02. The topological polar surface area (TPSA) is 283 Å². The number of aliphatic hydroxyl groups is 5. The van der Waals surface area contributed by atoms with Crippen LogP contribution in [0.15, 0.2) is 21.9 Å². The van der Waals surface area contributed by atoms with Crippen LogP contribution in [0.3, 0.4) is 0 Å². The summed E-state index contributed by atoms with van der Waals surface area (Å²) in [7, 11) is -5.43. The van der Waals surface area contributed by atoms with Crippen LogP contribution in [0.25, 0.3) is 0 Å². The van der Waals surface area contributed by atoms with Crippen LogP contribution in [-0.2, 0) is 32.0 Å². The van der Waals surface area contributed by atoms with Gasteiger partial charge in [0.25, 0.3) is 5.56 Å². The number of aromatic amines is 1. The lowest BCUT2D eigenvalue weighted by Crippen LogP contribution is -2.64. The van der Waals surface area contributed by atoms with Gasteiger partial charge in [0.15, 0.2) is 18.3 Å². The normalized spacial score (nSPS) is 43.0. The van der Waals surface area contributed by atoms with Gasteiger partial charge in [-0.2, -0.15) is 4.31 Å². The number of halogens is 1. The van der Waals surface area contributed by atoms with Gasteiger partial charge in [-0.05, 0) is 6.92 Å². The number of thiol groups is 1. The Hall–Kier alpha value is -1.06. The Kier molecular flexibility index (Phi) is 8.68. The number of fused-ring (bicyclic) bond motifs is 1. The van der Waals surface area contributed by atoms with Crippen LogP contribution in [0.5, 0.6) is 0 Å². The van der Waals surface area contributed by atoms with Crippen molar-refractivity contribution in [1.82, 2.24) is 9.55 Å². The van der Waals surface area contributed by atoms with E-state index in [0.717, 1.165) is 16.8 Å². The Bertz CT molecular complexity index is 1330. The average molecular weight is 639 g/mol. The van der Waals surface area contributed by atoms with E-state index in [1.165, 1.54) is 6.92 Å². The van der Waals surface area contributed by atoms with Crippen molar-refractivity contribution in [3.63, 3.8) is 0 Å². The highest BCUT2D eigenvalue weighted by Crippen LogP contribution is 2.68. The number of phosphoric ester groups is 1. The summed E-state index contributed by atoms with van der Waals surface area (Å²) in [5.74, 6) is -6.06. The van der Waals surface area contributed by atoms with Gasteiger partial charge < -0.3 is 45.6 Å². The van der Waals surface area contributed by atoms with Crippen molar-refractivity contribution in [1.29, 1.82) is 0 Å². The van der Waals surface area contributed by atoms with Crippen LogP contribution >= 0.6 is 26.9 Å². The van der Waals surface area contributed by atoms with Gasteiger partial charge in [-0.25, -0.2) is 18.3 Å². The van der Waals surface area contributed by atoms with Crippen LogP contribution in [0, 0.1) is 11.8 Å². The number of aromatic nitrogens is 2. The van der Waals surface area contributed by atoms with Gasteiger partial charge >= 0.3 is 20.3 Å². The van der Waals surface area contributed by atoms with E-state index in [0.29, 0.717) is 0 Å². The van der Waals surface area contributed by atoms with Crippen molar-refractivity contribution in [3.05, 3.63) is 33.1 Å². The Morgan fingerprint density at radius 1 is 1.30 bits per heavy atom. The zero-order valence-electron chi connectivity index (χ0n) is 20.4. The number of nitrogens with one attached hydrogen (secondary N) is 1. The van der Waals surface area contributed by atoms with E-state index < -0.39 is 105 Å². The van der Waals surface area contributed by atoms with Crippen molar-refractivity contribution in [2.75, 3.05) is 13.2 Å². The molecule has 1 aliphatic carbocycles. The predicted octanol–water partition coefficient (Wildman–Crippen LogP) is -2.96. The van der Waals surface area contributed by atoms with Gasteiger partial charge in [0.2, 0.25) is 0 Å². The fraction of sp³-hybridized carbons (Fsp3) is 0.778. The van der Waals surface area contributed by atoms with Gasteiger partial charge in [-0.1, -0.05) is 12.2 Å². The molecule has 0 bridgehead atoms. The quantitative estimate of drug-likeness (QED) is 0.0913. The molecule has 9 N–H and O–H groups in total. The first-order valence-electron chi connectivity index (χ1n) is 11.5. The number of alkyl halides is 1. The van der Waals surface area contributed by atoms with Crippen molar-refractivity contribution in [2.24, 2.45) is 17.6 Å². The van der Waals surface area contributed by atoms with E-state index in [1.54, 1.807) is 0 Å². The first-order valence-corrected chi connectivity index (χ1v) is 15.7. The maximum absolute atomic E-state index is 14.0. The van der Waals surface area contributed by atoms with Gasteiger partial charge in [-0.15, -0.1) is 0 Å². The van der Waals surface area contributed by atoms with Crippen molar-refractivity contribution >= 4 is 26.9 Å². The summed E-state index contributed by atoms with van der Waals surface area (Å²) in [4.78, 5) is 35.5. The number of aliphatic hydroxyl groups excluding tert-OH is 4. The summed E-state index contributed by atoms with van der Waals surface area (Å²) >= 11 is 3.57. The first-order chi connectivity index (χ1) is 18.3. The standard InChI is InChI=1S/C18H28FN3O15P2S/c1-17(20)13(27)7(34-15(17)22-3-2-8(24)21-16(22)28)5-33-39(32,40)37-38(30,31)36-14-10-12(26)11(25)9(6(19)4-23)18(10,29)35-14/h2-3,6-7,9-15,23,25-27,29H,4-5,20H2,1H3,(H,30,31)(H,32,40)(H,21,24,28)/t6-,7+,9?,10?,11?,12?,13+,14?,15+,17+,18?,39?/m0/s1. The molecule has 0 aromatic carbocycles. The molecule has 1 aromatic heterocycles. The number of nitrogens with zero attached hydrogens (tertiary/aromatic N) is 1. The van der Waals surface area contributed by atoms with Crippen LogP contribution < -0.4 is 17.0 Å². The zero-order chi connectivity index (χ0) is 30.0. The summed E-state index contributed by atoms with van der Waals surface area (Å²) in [5, 5.41) is 50.3. The third kappa shape index (κ3) is 5.64. The molecule has 3 heterocycles. The third-order valence-corrected chi connectivity index (χ3v) is 10.6. The molecule has 0 spiro atoms. The number of hydrogen-bond acceptors (Lipinski definition) is 15. The second-order valence-corrected chi connectivity index (χ2v) is 14.2. The summed E-state index contributed by atoms with van der Waals surface area (Å²) < 4.78 is 64.6. The van der Waals surface area contributed by atoms with E-state index in [-0.39, 0.29) is 0 Å². The van der Waals surface area contributed by atoms with E-state index >= 15 is 0 Å². The molecule has 3 aliphatic rings. The minimum atomic E-state index is -5.43. The van der Waals surface area contributed by atoms with Crippen LogP contribution in [-0.4, -0.2) is 101 Å². The molecule has 13 atom stereocenters. The van der Waals surface area contributed by atoms with Crippen LogP contribution in [0.2, 0.25) is 0 Å².